The van der Waals surface area contributed by atoms with Crippen LogP contribution in [0.3, 0.4) is 0 Å². The third kappa shape index (κ3) is 4.68. The van der Waals surface area contributed by atoms with Gasteiger partial charge in [-0.1, -0.05) is 20.3 Å². The molecule has 0 radical (unpaired) electrons. The Bertz CT molecular complexity index is 615. The van der Waals surface area contributed by atoms with E-state index >= 15 is 0 Å². The standard InChI is InChI=1S/C13H20N2O5S/c1-4-9(2)12(16)8-14-10-5-6-11(15(17)18)13(7-10)21(3,19)20/h5-7,9,12,14,16H,4,8H2,1-3H3. The van der Waals surface area contributed by atoms with Crippen LogP contribution < -0.4 is 5.32 Å². The third-order valence-electron chi connectivity index (χ3n) is 3.37. The van der Waals surface area contributed by atoms with Crippen LogP contribution in [0.25, 0.3) is 0 Å². The van der Waals surface area contributed by atoms with Gasteiger partial charge >= 0.3 is 0 Å². The molecule has 0 amide bonds. The molecule has 0 bridgehead atoms. The smallest absolute Gasteiger partial charge is 0.288 e. The van der Waals surface area contributed by atoms with Crippen LogP contribution in [0.5, 0.6) is 0 Å². The second-order valence-electron chi connectivity index (χ2n) is 5.05. The highest BCUT2D eigenvalue weighted by molar-refractivity contribution is 7.90. The van der Waals surface area contributed by atoms with Gasteiger partial charge in [-0.25, -0.2) is 8.42 Å². The molecule has 1 aromatic rings. The quantitative estimate of drug-likeness (QED) is 0.586. The zero-order chi connectivity index (χ0) is 16.2. The van der Waals surface area contributed by atoms with E-state index in [1.54, 1.807) is 0 Å². The Morgan fingerprint density at radius 3 is 2.52 bits per heavy atom. The highest BCUT2D eigenvalue weighted by atomic mass is 32.2. The van der Waals surface area contributed by atoms with Crippen LogP contribution >= 0.6 is 0 Å². The van der Waals surface area contributed by atoms with E-state index < -0.39 is 26.6 Å². The van der Waals surface area contributed by atoms with E-state index in [1.807, 2.05) is 13.8 Å². The van der Waals surface area contributed by atoms with Gasteiger partial charge in [-0.3, -0.25) is 10.1 Å². The van der Waals surface area contributed by atoms with E-state index in [-0.39, 0.29) is 17.4 Å². The molecular formula is C13H20N2O5S. The van der Waals surface area contributed by atoms with Gasteiger partial charge in [0, 0.05) is 24.6 Å². The Morgan fingerprint density at radius 1 is 1.43 bits per heavy atom. The summed E-state index contributed by atoms with van der Waals surface area (Å²) in [6, 6.07) is 3.79. The molecule has 0 aromatic heterocycles. The molecule has 0 aliphatic carbocycles. The normalized spacial score (nSPS) is 14.5. The highest BCUT2D eigenvalue weighted by Crippen LogP contribution is 2.27. The van der Waals surface area contributed by atoms with E-state index in [9.17, 15) is 23.6 Å². The number of nitrogens with zero attached hydrogens (tertiary/aromatic N) is 1. The molecule has 7 nitrogen and oxygen atoms in total. The monoisotopic (exact) mass is 316 g/mol. The number of aliphatic hydroxyl groups is 1. The van der Waals surface area contributed by atoms with Gasteiger partial charge in [0.1, 0.15) is 4.90 Å². The second kappa shape index (κ2) is 6.86. The second-order valence-corrected chi connectivity index (χ2v) is 7.03. The Labute approximate surface area is 124 Å². The van der Waals surface area contributed by atoms with E-state index in [0.717, 1.165) is 18.7 Å². The minimum atomic E-state index is -3.70. The van der Waals surface area contributed by atoms with Crippen LogP contribution in [0, 0.1) is 16.0 Å². The molecule has 21 heavy (non-hydrogen) atoms. The Balaban J connectivity index is 2.99. The maximum atomic E-state index is 11.6. The maximum Gasteiger partial charge on any atom is 0.288 e. The van der Waals surface area contributed by atoms with Crippen molar-refractivity contribution in [2.45, 2.75) is 31.3 Å². The van der Waals surface area contributed by atoms with Crippen LogP contribution in [-0.4, -0.2) is 37.4 Å². The predicted octanol–water partition coefficient (Wildman–Crippen LogP) is 1.82. The van der Waals surface area contributed by atoms with Crippen molar-refractivity contribution in [3.63, 3.8) is 0 Å². The van der Waals surface area contributed by atoms with Gasteiger partial charge in [0.05, 0.1) is 11.0 Å². The number of rotatable bonds is 7. The van der Waals surface area contributed by atoms with E-state index in [4.69, 9.17) is 0 Å². The van der Waals surface area contributed by atoms with Gasteiger partial charge in [0.2, 0.25) is 0 Å². The van der Waals surface area contributed by atoms with Crippen molar-refractivity contribution in [3.05, 3.63) is 28.3 Å². The zero-order valence-corrected chi connectivity index (χ0v) is 13.1. The molecule has 1 rings (SSSR count). The fraction of sp³-hybridized carbons (Fsp3) is 0.538. The largest absolute Gasteiger partial charge is 0.391 e. The van der Waals surface area contributed by atoms with Crippen molar-refractivity contribution < 1.29 is 18.4 Å². The number of nitro groups is 1. The van der Waals surface area contributed by atoms with Crippen LogP contribution in [0.15, 0.2) is 23.1 Å². The summed E-state index contributed by atoms with van der Waals surface area (Å²) in [5.41, 5.74) is -0.0334. The number of benzene rings is 1. The molecule has 2 unspecified atom stereocenters. The van der Waals surface area contributed by atoms with Crippen molar-refractivity contribution in [2.75, 3.05) is 18.1 Å². The Kier molecular flexibility index (Phi) is 5.68. The third-order valence-corrected chi connectivity index (χ3v) is 4.50. The lowest BCUT2D eigenvalue weighted by Crippen LogP contribution is -2.26. The van der Waals surface area contributed by atoms with E-state index in [1.165, 1.54) is 12.1 Å². The molecule has 0 saturated carbocycles. The van der Waals surface area contributed by atoms with Crippen molar-refractivity contribution in [3.8, 4) is 0 Å². The topological polar surface area (TPSA) is 110 Å². The van der Waals surface area contributed by atoms with Gasteiger partial charge in [-0.05, 0) is 18.1 Å². The van der Waals surface area contributed by atoms with Crippen molar-refractivity contribution in [2.24, 2.45) is 5.92 Å². The molecular weight excluding hydrogens is 296 g/mol. The van der Waals surface area contributed by atoms with Crippen LogP contribution in [0.1, 0.15) is 20.3 Å². The molecule has 0 aliphatic rings. The average molecular weight is 316 g/mol. The molecule has 0 fully saturated rings. The fourth-order valence-electron chi connectivity index (χ4n) is 1.77. The van der Waals surface area contributed by atoms with Crippen LogP contribution in [-0.2, 0) is 9.84 Å². The Morgan fingerprint density at radius 2 is 2.05 bits per heavy atom. The number of anilines is 1. The zero-order valence-electron chi connectivity index (χ0n) is 12.2. The Hall–Kier alpha value is -1.67. The first-order valence-corrected chi connectivity index (χ1v) is 8.46. The number of nitrogens with one attached hydrogen (secondary N) is 1. The summed E-state index contributed by atoms with van der Waals surface area (Å²) in [4.78, 5) is 9.79. The molecule has 0 saturated heterocycles. The summed E-state index contributed by atoms with van der Waals surface area (Å²) in [5.74, 6) is 0.102. The van der Waals surface area contributed by atoms with Gasteiger partial charge in [0.15, 0.2) is 9.84 Å². The molecule has 2 N–H and O–H groups in total. The van der Waals surface area contributed by atoms with E-state index in [0.29, 0.717) is 5.69 Å². The summed E-state index contributed by atoms with van der Waals surface area (Å²) in [7, 11) is -3.70. The van der Waals surface area contributed by atoms with Gasteiger partial charge in [-0.2, -0.15) is 0 Å². The molecule has 1 aromatic carbocycles. The van der Waals surface area contributed by atoms with Crippen LogP contribution in [0.2, 0.25) is 0 Å². The lowest BCUT2D eigenvalue weighted by Gasteiger charge is -2.18. The first kappa shape index (κ1) is 17.4. The first-order valence-electron chi connectivity index (χ1n) is 6.57. The van der Waals surface area contributed by atoms with Crippen molar-refractivity contribution in [1.82, 2.24) is 0 Å². The minimum Gasteiger partial charge on any atom is -0.391 e. The fourth-order valence-corrected chi connectivity index (χ4v) is 2.63. The summed E-state index contributed by atoms with van der Waals surface area (Å²) in [6.45, 7) is 4.11. The minimum absolute atomic E-state index is 0.102. The number of hydrogen-bond donors (Lipinski definition) is 2. The summed E-state index contributed by atoms with van der Waals surface area (Å²) >= 11 is 0. The number of aliphatic hydroxyl groups excluding tert-OH is 1. The van der Waals surface area contributed by atoms with Gasteiger partial charge in [0.25, 0.3) is 5.69 Å². The number of hydrogen-bond acceptors (Lipinski definition) is 6. The SMILES string of the molecule is CCC(C)C(O)CNc1ccc([N+](=O)[O-])c(S(C)(=O)=O)c1. The highest BCUT2D eigenvalue weighted by Gasteiger charge is 2.22. The summed E-state index contributed by atoms with van der Waals surface area (Å²) in [6.07, 6.45) is 1.16. The van der Waals surface area contributed by atoms with Gasteiger partial charge in [-0.15, -0.1) is 0 Å². The first-order chi connectivity index (χ1) is 9.66. The molecule has 118 valence electrons. The molecule has 0 spiro atoms. The number of nitro benzene ring substituents is 1. The van der Waals surface area contributed by atoms with Crippen molar-refractivity contribution >= 4 is 21.2 Å². The summed E-state index contributed by atoms with van der Waals surface area (Å²) < 4.78 is 23.2. The summed E-state index contributed by atoms with van der Waals surface area (Å²) in [5, 5.41) is 23.6. The average Bonchev–Trinajstić information content (AvgIpc) is 2.42. The predicted molar refractivity (Wildman–Crippen MR) is 80.2 cm³/mol. The lowest BCUT2D eigenvalue weighted by molar-refractivity contribution is -0.387. The number of sulfone groups is 1. The molecule has 0 heterocycles. The van der Waals surface area contributed by atoms with E-state index in [2.05, 4.69) is 5.32 Å². The lowest BCUT2D eigenvalue weighted by atomic mass is 10.0. The molecule has 2 atom stereocenters. The van der Waals surface area contributed by atoms with Gasteiger partial charge < -0.3 is 10.4 Å². The maximum absolute atomic E-state index is 11.6. The van der Waals surface area contributed by atoms with Crippen molar-refractivity contribution in [1.29, 1.82) is 0 Å². The molecule has 0 aliphatic heterocycles. The molecule has 8 heteroatoms. The van der Waals surface area contributed by atoms with Crippen LogP contribution in [0.4, 0.5) is 11.4 Å².